The molecule has 7 heteroatoms. The highest BCUT2D eigenvalue weighted by Gasteiger charge is 2.46. The number of aryl methyl sites for hydroxylation is 1. The third-order valence-electron chi connectivity index (χ3n) is 4.23. The molecular formula is C18H15Cl2FN2O2. The Morgan fingerprint density at radius 2 is 2.12 bits per heavy atom. The zero-order valence-electron chi connectivity index (χ0n) is 13.4. The molecule has 1 heterocycles. The number of nitrogens with one attached hydrogen (secondary N) is 1. The number of carbonyl (C=O) groups is 2. The van der Waals surface area contributed by atoms with Crippen LogP contribution < -0.4 is 5.32 Å². The molecule has 25 heavy (non-hydrogen) atoms. The van der Waals surface area contributed by atoms with E-state index in [2.05, 4.69) is 10.3 Å². The van der Waals surface area contributed by atoms with Gasteiger partial charge in [0.2, 0.25) is 5.67 Å². The Morgan fingerprint density at radius 3 is 2.84 bits per heavy atom. The van der Waals surface area contributed by atoms with E-state index in [9.17, 15) is 9.59 Å². The van der Waals surface area contributed by atoms with Crippen LogP contribution in [-0.2, 0) is 17.0 Å². The Bertz CT molecular complexity index is 872. The second kappa shape index (κ2) is 6.73. The minimum Gasteiger partial charge on any atom is -0.349 e. The van der Waals surface area contributed by atoms with Crippen LogP contribution in [-0.4, -0.2) is 16.7 Å². The number of Topliss-reactive ketones (excluding diaryl/α,β-unsaturated/α-hetero) is 1. The summed E-state index contributed by atoms with van der Waals surface area (Å²) in [5.41, 5.74) is -0.926. The normalized spacial score (nSPS) is 19.4. The van der Waals surface area contributed by atoms with Gasteiger partial charge in [-0.15, -0.1) is 0 Å². The summed E-state index contributed by atoms with van der Waals surface area (Å²) in [7, 11) is 0. The van der Waals surface area contributed by atoms with Crippen LogP contribution in [0, 0.1) is 6.92 Å². The molecule has 1 aromatic carbocycles. The summed E-state index contributed by atoms with van der Waals surface area (Å²) in [4.78, 5) is 28.5. The number of rotatable bonds is 3. The predicted octanol–water partition coefficient (Wildman–Crippen LogP) is 4.15. The number of amides is 1. The molecule has 1 aromatic heterocycles. The van der Waals surface area contributed by atoms with Gasteiger partial charge >= 0.3 is 0 Å². The molecule has 4 nitrogen and oxygen atoms in total. The highest BCUT2D eigenvalue weighted by molar-refractivity contribution is 6.35. The molecule has 3 rings (SSSR count). The minimum atomic E-state index is -2.29. The lowest BCUT2D eigenvalue weighted by molar-refractivity contribution is -0.134. The first kappa shape index (κ1) is 17.8. The first-order valence-electron chi connectivity index (χ1n) is 7.73. The number of halogens is 3. The van der Waals surface area contributed by atoms with E-state index < -0.39 is 11.6 Å². The second-order valence-corrected chi connectivity index (χ2v) is 6.90. The van der Waals surface area contributed by atoms with Gasteiger partial charge in [0, 0.05) is 41.2 Å². The smallest absolute Gasteiger partial charge is 0.262 e. The highest BCUT2D eigenvalue weighted by atomic mass is 35.5. The fraction of sp³-hybridized carbons (Fsp3) is 0.278. The number of ketones is 1. The predicted molar refractivity (Wildman–Crippen MR) is 93.6 cm³/mol. The Balaban J connectivity index is 1.85. The van der Waals surface area contributed by atoms with Crippen LogP contribution in [0.4, 0.5) is 4.39 Å². The number of hydrogen-bond donors (Lipinski definition) is 1. The van der Waals surface area contributed by atoms with Crippen molar-refractivity contribution in [3.63, 3.8) is 0 Å². The maximum Gasteiger partial charge on any atom is 0.262 e. The summed E-state index contributed by atoms with van der Waals surface area (Å²) >= 11 is 11.9. The van der Waals surface area contributed by atoms with Crippen molar-refractivity contribution in [2.75, 3.05) is 0 Å². The van der Waals surface area contributed by atoms with Crippen molar-refractivity contribution < 1.29 is 14.0 Å². The maximum absolute atomic E-state index is 15.5. The summed E-state index contributed by atoms with van der Waals surface area (Å²) in [6, 6.07) is 6.37. The molecule has 0 spiro atoms. The van der Waals surface area contributed by atoms with Gasteiger partial charge in [0.15, 0.2) is 5.78 Å². The highest BCUT2D eigenvalue weighted by Crippen LogP contribution is 2.38. The van der Waals surface area contributed by atoms with E-state index in [1.807, 2.05) is 0 Å². The van der Waals surface area contributed by atoms with E-state index >= 15 is 4.39 Å². The molecule has 130 valence electrons. The molecule has 0 radical (unpaired) electrons. The van der Waals surface area contributed by atoms with Crippen molar-refractivity contribution in [3.8, 4) is 0 Å². The number of nitrogens with zero attached hydrogens (tertiary/aromatic N) is 1. The Labute approximate surface area is 154 Å². The monoisotopic (exact) mass is 380 g/mol. The van der Waals surface area contributed by atoms with Gasteiger partial charge in [-0.1, -0.05) is 29.3 Å². The topological polar surface area (TPSA) is 59.1 Å². The Morgan fingerprint density at radius 1 is 1.36 bits per heavy atom. The summed E-state index contributed by atoms with van der Waals surface area (Å²) in [6.45, 7) is 1.79. The average Bonchev–Trinajstić information content (AvgIpc) is 2.57. The number of pyridine rings is 1. The van der Waals surface area contributed by atoms with Gasteiger partial charge < -0.3 is 5.32 Å². The number of fused-ring (bicyclic) bond motifs is 1. The van der Waals surface area contributed by atoms with Crippen LogP contribution in [0.15, 0.2) is 30.5 Å². The van der Waals surface area contributed by atoms with E-state index in [-0.39, 0.29) is 36.4 Å². The van der Waals surface area contributed by atoms with Gasteiger partial charge in [-0.2, -0.15) is 0 Å². The molecule has 0 fully saturated rings. The third kappa shape index (κ3) is 3.39. The van der Waals surface area contributed by atoms with Gasteiger partial charge in [0.25, 0.3) is 5.91 Å². The van der Waals surface area contributed by atoms with Crippen LogP contribution in [0.25, 0.3) is 0 Å². The molecule has 0 saturated heterocycles. The minimum absolute atomic E-state index is 0.0269. The van der Waals surface area contributed by atoms with Crippen molar-refractivity contribution in [2.45, 2.75) is 32.0 Å². The van der Waals surface area contributed by atoms with Gasteiger partial charge in [0.1, 0.15) is 5.69 Å². The summed E-state index contributed by atoms with van der Waals surface area (Å²) < 4.78 is 15.5. The van der Waals surface area contributed by atoms with Crippen molar-refractivity contribution in [2.24, 2.45) is 0 Å². The second-order valence-electron chi connectivity index (χ2n) is 6.05. The fourth-order valence-corrected chi connectivity index (χ4v) is 3.32. The van der Waals surface area contributed by atoms with E-state index in [0.717, 1.165) is 0 Å². The van der Waals surface area contributed by atoms with Crippen LogP contribution in [0.2, 0.25) is 10.0 Å². The summed E-state index contributed by atoms with van der Waals surface area (Å²) in [5.74, 6) is -1.06. The molecule has 1 N–H and O–H groups in total. The van der Waals surface area contributed by atoms with E-state index in [1.54, 1.807) is 25.1 Å². The first-order chi connectivity index (χ1) is 11.8. The standard InChI is InChI=1S/C18H15Cl2FN2O2/c1-10-6-13-16(22-8-10)15(24)4-5-18(13,21)17(25)23-9-11-2-3-12(19)7-14(11)20/h2-3,6-8H,4-5,9H2,1H3,(H,23,25)/t18-/m0/s1. The first-order valence-corrected chi connectivity index (χ1v) is 8.48. The zero-order chi connectivity index (χ0) is 18.2. The van der Waals surface area contributed by atoms with Crippen molar-refractivity contribution in [1.82, 2.24) is 10.3 Å². The molecule has 0 saturated carbocycles. The lowest BCUT2D eigenvalue weighted by Gasteiger charge is -2.29. The fourth-order valence-electron chi connectivity index (χ4n) is 2.85. The lowest BCUT2D eigenvalue weighted by atomic mass is 9.81. The molecule has 1 aliphatic rings. The third-order valence-corrected chi connectivity index (χ3v) is 4.81. The number of carbonyl (C=O) groups excluding carboxylic acids is 2. The molecular weight excluding hydrogens is 366 g/mol. The van der Waals surface area contributed by atoms with Gasteiger partial charge in [-0.3, -0.25) is 14.6 Å². The van der Waals surface area contributed by atoms with E-state index in [1.165, 1.54) is 12.3 Å². The SMILES string of the molecule is Cc1cnc2c(c1)[C@](F)(C(=O)NCc1ccc(Cl)cc1Cl)CCC2=O. The Hall–Kier alpha value is -1.98. The van der Waals surface area contributed by atoms with Gasteiger partial charge in [-0.05, 0) is 36.2 Å². The molecule has 2 aromatic rings. The van der Waals surface area contributed by atoms with Crippen LogP contribution in [0.1, 0.15) is 40.0 Å². The number of hydrogen-bond acceptors (Lipinski definition) is 3. The Kier molecular flexibility index (Phi) is 4.80. The van der Waals surface area contributed by atoms with Crippen LogP contribution >= 0.6 is 23.2 Å². The van der Waals surface area contributed by atoms with Crippen molar-refractivity contribution >= 4 is 34.9 Å². The maximum atomic E-state index is 15.5. The van der Waals surface area contributed by atoms with Gasteiger partial charge in [0.05, 0.1) is 0 Å². The molecule has 0 unspecified atom stereocenters. The van der Waals surface area contributed by atoms with Crippen molar-refractivity contribution in [1.29, 1.82) is 0 Å². The molecule has 1 aliphatic carbocycles. The lowest BCUT2D eigenvalue weighted by Crippen LogP contribution is -2.44. The molecule has 1 amide bonds. The van der Waals surface area contributed by atoms with Crippen LogP contribution in [0.3, 0.4) is 0 Å². The largest absolute Gasteiger partial charge is 0.349 e. The van der Waals surface area contributed by atoms with Gasteiger partial charge in [-0.25, -0.2) is 4.39 Å². The van der Waals surface area contributed by atoms with Crippen molar-refractivity contribution in [3.05, 3.63) is 62.9 Å². The van der Waals surface area contributed by atoms with Crippen LogP contribution in [0.5, 0.6) is 0 Å². The van der Waals surface area contributed by atoms with E-state index in [4.69, 9.17) is 23.2 Å². The number of alkyl halides is 1. The average molecular weight is 381 g/mol. The number of benzene rings is 1. The molecule has 0 bridgehead atoms. The molecule has 0 aliphatic heterocycles. The van der Waals surface area contributed by atoms with E-state index in [0.29, 0.717) is 21.2 Å². The summed E-state index contributed by atoms with van der Waals surface area (Å²) in [6.07, 6.45) is 1.23. The summed E-state index contributed by atoms with van der Waals surface area (Å²) in [5, 5.41) is 3.43. The quantitative estimate of drug-likeness (QED) is 0.869. The zero-order valence-corrected chi connectivity index (χ0v) is 14.9. The molecule has 1 atom stereocenters. The number of aromatic nitrogens is 1.